The first-order chi connectivity index (χ1) is 14.9. The smallest absolute Gasteiger partial charge is 0.213 e. The van der Waals surface area contributed by atoms with Crippen LogP contribution in [-0.4, -0.2) is 30.7 Å². The SMILES string of the molecule is CCNC(=NCc1cccc(OC)c1OC1CCCC1)NCc1ncc(C(C)(C)C)o1.I. The number of halogens is 1. The summed E-state index contributed by atoms with van der Waals surface area (Å²) < 4.78 is 17.8. The van der Waals surface area contributed by atoms with Gasteiger partial charge in [-0.2, -0.15) is 0 Å². The number of guanidine groups is 1. The van der Waals surface area contributed by atoms with E-state index in [-0.39, 0.29) is 35.5 Å². The van der Waals surface area contributed by atoms with Crippen LogP contribution >= 0.6 is 24.0 Å². The summed E-state index contributed by atoms with van der Waals surface area (Å²) in [5.41, 5.74) is 0.945. The van der Waals surface area contributed by atoms with Crippen molar-refractivity contribution in [1.82, 2.24) is 15.6 Å². The van der Waals surface area contributed by atoms with Gasteiger partial charge in [-0.1, -0.05) is 32.9 Å². The number of para-hydroxylation sites is 1. The van der Waals surface area contributed by atoms with Gasteiger partial charge < -0.3 is 24.5 Å². The molecule has 0 atom stereocenters. The van der Waals surface area contributed by atoms with E-state index in [1.165, 1.54) is 12.8 Å². The Morgan fingerprint density at radius 1 is 1.22 bits per heavy atom. The van der Waals surface area contributed by atoms with E-state index in [1.807, 2.05) is 25.1 Å². The van der Waals surface area contributed by atoms with Crippen molar-refractivity contribution < 1.29 is 13.9 Å². The minimum atomic E-state index is -0.0636. The van der Waals surface area contributed by atoms with E-state index in [2.05, 4.69) is 36.4 Å². The number of hydrogen-bond donors (Lipinski definition) is 2. The lowest BCUT2D eigenvalue weighted by Gasteiger charge is -2.19. The monoisotopic (exact) mass is 556 g/mol. The van der Waals surface area contributed by atoms with Crippen molar-refractivity contribution in [2.75, 3.05) is 13.7 Å². The lowest BCUT2D eigenvalue weighted by atomic mass is 9.94. The number of rotatable bonds is 8. The molecule has 2 N–H and O–H groups in total. The fourth-order valence-corrected chi connectivity index (χ4v) is 3.56. The van der Waals surface area contributed by atoms with Crippen molar-refractivity contribution in [1.29, 1.82) is 0 Å². The van der Waals surface area contributed by atoms with Gasteiger partial charge in [0, 0.05) is 17.5 Å². The molecule has 0 aliphatic heterocycles. The average Bonchev–Trinajstić information content (AvgIpc) is 3.42. The van der Waals surface area contributed by atoms with E-state index < -0.39 is 0 Å². The van der Waals surface area contributed by atoms with Crippen molar-refractivity contribution in [2.45, 2.75) is 78.0 Å². The first kappa shape index (κ1) is 26.3. The molecule has 0 radical (unpaired) electrons. The maximum atomic E-state index is 6.32. The summed E-state index contributed by atoms with van der Waals surface area (Å²) in [6.07, 6.45) is 6.69. The van der Waals surface area contributed by atoms with E-state index in [0.29, 0.717) is 24.9 Å². The van der Waals surface area contributed by atoms with E-state index >= 15 is 0 Å². The topological polar surface area (TPSA) is 80.9 Å². The number of benzene rings is 1. The van der Waals surface area contributed by atoms with Crippen LogP contribution in [-0.2, 0) is 18.5 Å². The summed E-state index contributed by atoms with van der Waals surface area (Å²) >= 11 is 0. The molecule has 0 spiro atoms. The van der Waals surface area contributed by atoms with Crippen LogP contribution in [0.2, 0.25) is 0 Å². The Hall–Kier alpha value is -1.97. The van der Waals surface area contributed by atoms with Gasteiger partial charge in [0.25, 0.3) is 0 Å². The number of aliphatic imine (C=N–C) groups is 1. The van der Waals surface area contributed by atoms with Crippen LogP contribution < -0.4 is 20.1 Å². The summed E-state index contributed by atoms with van der Waals surface area (Å²) in [4.78, 5) is 9.13. The normalized spacial score (nSPS) is 14.7. The molecule has 178 valence electrons. The van der Waals surface area contributed by atoms with Gasteiger partial charge in [-0.3, -0.25) is 0 Å². The van der Waals surface area contributed by atoms with Crippen LogP contribution in [0.15, 0.2) is 33.8 Å². The fourth-order valence-electron chi connectivity index (χ4n) is 3.56. The van der Waals surface area contributed by atoms with Gasteiger partial charge in [0.2, 0.25) is 5.89 Å². The molecule has 0 amide bonds. The highest BCUT2D eigenvalue weighted by Crippen LogP contribution is 2.35. The van der Waals surface area contributed by atoms with Crippen molar-refractivity contribution in [2.24, 2.45) is 4.99 Å². The Morgan fingerprint density at radius 3 is 2.59 bits per heavy atom. The molecule has 3 rings (SSSR count). The van der Waals surface area contributed by atoms with Crippen molar-refractivity contribution >= 4 is 29.9 Å². The summed E-state index contributed by atoms with van der Waals surface area (Å²) in [5, 5.41) is 6.58. The van der Waals surface area contributed by atoms with Gasteiger partial charge >= 0.3 is 0 Å². The molecule has 1 heterocycles. The predicted molar refractivity (Wildman–Crippen MR) is 138 cm³/mol. The number of aromatic nitrogens is 1. The predicted octanol–water partition coefficient (Wildman–Crippen LogP) is 5.18. The van der Waals surface area contributed by atoms with Gasteiger partial charge in [-0.25, -0.2) is 9.98 Å². The maximum Gasteiger partial charge on any atom is 0.213 e. The number of methoxy groups -OCH3 is 1. The Labute approximate surface area is 208 Å². The van der Waals surface area contributed by atoms with Gasteiger partial charge in [-0.15, -0.1) is 24.0 Å². The lowest BCUT2D eigenvalue weighted by molar-refractivity contribution is 0.198. The van der Waals surface area contributed by atoms with Crippen LogP contribution in [0, 0.1) is 0 Å². The van der Waals surface area contributed by atoms with Crippen LogP contribution in [0.4, 0.5) is 0 Å². The van der Waals surface area contributed by atoms with E-state index in [4.69, 9.17) is 18.9 Å². The molecule has 32 heavy (non-hydrogen) atoms. The fraction of sp³-hybridized carbons (Fsp3) is 0.583. The number of hydrogen-bond acceptors (Lipinski definition) is 5. The second kappa shape index (κ2) is 12.3. The molecule has 1 saturated carbocycles. The molecule has 0 bridgehead atoms. The molecule has 1 aromatic carbocycles. The molecule has 0 unspecified atom stereocenters. The third kappa shape index (κ3) is 7.28. The summed E-state index contributed by atoms with van der Waals surface area (Å²) in [6, 6.07) is 5.96. The van der Waals surface area contributed by atoms with Crippen molar-refractivity contribution in [3.05, 3.63) is 41.6 Å². The Balaban J connectivity index is 0.00000363. The molecular weight excluding hydrogens is 519 g/mol. The molecule has 1 fully saturated rings. The minimum absolute atomic E-state index is 0. The van der Waals surface area contributed by atoms with Gasteiger partial charge in [0.1, 0.15) is 5.76 Å². The zero-order valence-electron chi connectivity index (χ0n) is 19.9. The minimum Gasteiger partial charge on any atom is -0.493 e. The number of nitrogens with one attached hydrogen (secondary N) is 2. The van der Waals surface area contributed by atoms with Crippen LogP contribution in [0.3, 0.4) is 0 Å². The van der Waals surface area contributed by atoms with Crippen LogP contribution in [0.1, 0.15) is 70.6 Å². The second-order valence-corrected chi connectivity index (χ2v) is 8.89. The van der Waals surface area contributed by atoms with Crippen molar-refractivity contribution in [3.63, 3.8) is 0 Å². The van der Waals surface area contributed by atoms with E-state index in [1.54, 1.807) is 13.3 Å². The van der Waals surface area contributed by atoms with Crippen LogP contribution in [0.5, 0.6) is 11.5 Å². The summed E-state index contributed by atoms with van der Waals surface area (Å²) in [7, 11) is 1.68. The largest absolute Gasteiger partial charge is 0.493 e. The highest BCUT2D eigenvalue weighted by Gasteiger charge is 2.21. The quantitative estimate of drug-likeness (QED) is 0.265. The molecule has 1 aromatic heterocycles. The standard InChI is InChI=1S/C24H36N4O3.HI/c1-6-25-23(28-16-21-26-15-20(31-21)24(2,3)4)27-14-17-10-9-13-19(29-5)22(17)30-18-11-7-8-12-18;/h9-10,13,15,18H,6-8,11-12,14,16H2,1-5H3,(H2,25,27,28);1H. The molecule has 7 nitrogen and oxygen atoms in total. The second-order valence-electron chi connectivity index (χ2n) is 8.89. The highest BCUT2D eigenvalue weighted by atomic mass is 127. The number of ether oxygens (including phenoxy) is 2. The zero-order valence-corrected chi connectivity index (χ0v) is 22.2. The molecular formula is C24H37IN4O3. The first-order valence-corrected chi connectivity index (χ1v) is 11.2. The number of nitrogens with zero attached hydrogens (tertiary/aromatic N) is 2. The molecule has 0 saturated heterocycles. The van der Waals surface area contributed by atoms with Crippen LogP contribution in [0.25, 0.3) is 0 Å². The Bertz CT molecular complexity index is 870. The van der Waals surface area contributed by atoms with Crippen molar-refractivity contribution in [3.8, 4) is 11.5 Å². The zero-order chi connectivity index (χ0) is 22.3. The summed E-state index contributed by atoms with van der Waals surface area (Å²) in [6.45, 7) is 10.1. The Morgan fingerprint density at radius 2 is 1.97 bits per heavy atom. The van der Waals surface area contributed by atoms with E-state index in [0.717, 1.165) is 42.2 Å². The number of oxazole rings is 1. The molecule has 8 heteroatoms. The maximum absolute atomic E-state index is 6.32. The third-order valence-electron chi connectivity index (χ3n) is 5.32. The lowest BCUT2D eigenvalue weighted by Crippen LogP contribution is -2.36. The summed E-state index contributed by atoms with van der Waals surface area (Å²) in [5.74, 6) is 3.78. The van der Waals surface area contributed by atoms with Gasteiger partial charge in [-0.05, 0) is 38.7 Å². The van der Waals surface area contributed by atoms with Gasteiger partial charge in [0.15, 0.2) is 17.5 Å². The van der Waals surface area contributed by atoms with E-state index in [9.17, 15) is 0 Å². The first-order valence-electron chi connectivity index (χ1n) is 11.2. The van der Waals surface area contributed by atoms with Gasteiger partial charge in [0.05, 0.1) is 32.5 Å². The average molecular weight is 556 g/mol. The molecule has 2 aromatic rings. The Kier molecular flexibility index (Phi) is 10.1. The third-order valence-corrected chi connectivity index (χ3v) is 5.32. The molecule has 1 aliphatic rings. The highest BCUT2D eigenvalue weighted by molar-refractivity contribution is 14.0. The molecule has 1 aliphatic carbocycles.